The second kappa shape index (κ2) is 7.25. The van der Waals surface area contributed by atoms with Crippen molar-refractivity contribution in [3.8, 4) is 17.2 Å². The molecule has 6 heteroatoms. The molecule has 25 heavy (non-hydrogen) atoms. The highest BCUT2D eigenvalue weighted by molar-refractivity contribution is 6.08. The molecule has 1 heterocycles. The predicted molar refractivity (Wildman–Crippen MR) is 98.1 cm³/mol. The van der Waals surface area contributed by atoms with E-state index in [1.54, 1.807) is 21.3 Å². The van der Waals surface area contributed by atoms with Crippen molar-refractivity contribution >= 4 is 11.7 Å². The second-order valence-electron chi connectivity index (χ2n) is 5.64. The minimum Gasteiger partial charge on any atom is -0.497 e. The third-order valence-electron chi connectivity index (χ3n) is 4.11. The average Bonchev–Trinajstić information content (AvgIpc) is 2.67. The minimum atomic E-state index is -0.0874. The SMILES string of the molecule is COc1ccc([C@H]2CC(c3cc(OC)cc(OC)c3)=NC(N)=N2)cc1. The molecule has 6 nitrogen and oxygen atoms in total. The summed E-state index contributed by atoms with van der Waals surface area (Å²) in [6, 6.07) is 13.4. The predicted octanol–water partition coefficient (Wildman–Crippen LogP) is 2.96. The maximum absolute atomic E-state index is 5.96. The number of ether oxygens (including phenoxy) is 3. The molecule has 3 rings (SSSR count). The van der Waals surface area contributed by atoms with Gasteiger partial charge in [-0.05, 0) is 29.8 Å². The maximum Gasteiger partial charge on any atom is 0.216 e. The topological polar surface area (TPSA) is 78.4 Å². The van der Waals surface area contributed by atoms with Crippen LogP contribution in [0.25, 0.3) is 0 Å². The number of methoxy groups -OCH3 is 3. The highest BCUT2D eigenvalue weighted by Gasteiger charge is 2.21. The molecule has 1 atom stereocenters. The van der Waals surface area contributed by atoms with Crippen molar-refractivity contribution in [2.45, 2.75) is 12.5 Å². The average molecular weight is 339 g/mol. The minimum absolute atomic E-state index is 0.0874. The summed E-state index contributed by atoms with van der Waals surface area (Å²) in [7, 11) is 4.89. The van der Waals surface area contributed by atoms with Crippen LogP contribution in [0.15, 0.2) is 52.4 Å². The number of benzene rings is 2. The third kappa shape index (κ3) is 3.74. The zero-order valence-electron chi connectivity index (χ0n) is 14.5. The normalized spacial score (nSPS) is 16.7. The molecule has 130 valence electrons. The van der Waals surface area contributed by atoms with E-state index >= 15 is 0 Å². The summed E-state index contributed by atoms with van der Waals surface area (Å²) in [4.78, 5) is 8.89. The fraction of sp³-hybridized carbons (Fsp3) is 0.263. The Hall–Kier alpha value is -3.02. The summed E-state index contributed by atoms with van der Waals surface area (Å²) in [5, 5.41) is 0. The fourth-order valence-corrected chi connectivity index (χ4v) is 2.78. The lowest BCUT2D eigenvalue weighted by molar-refractivity contribution is 0.394. The summed E-state index contributed by atoms with van der Waals surface area (Å²) in [5.41, 5.74) is 8.79. The van der Waals surface area contributed by atoms with Gasteiger partial charge in [-0.25, -0.2) is 9.98 Å². The maximum atomic E-state index is 5.96. The van der Waals surface area contributed by atoms with E-state index in [0.29, 0.717) is 17.9 Å². The molecule has 2 aromatic rings. The largest absolute Gasteiger partial charge is 0.497 e. The van der Waals surface area contributed by atoms with Gasteiger partial charge in [0.15, 0.2) is 0 Å². The first kappa shape index (κ1) is 16.8. The van der Waals surface area contributed by atoms with Crippen molar-refractivity contribution in [3.63, 3.8) is 0 Å². The molecule has 2 N–H and O–H groups in total. The van der Waals surface area contributed by atoms with Gasteiger partial charge in [-0.1, -0.05) is 12.1 Å². The number of guanidine groups is 1. The Morgan fingerprint density at radius 2 is 1.48 bits per heavy atom. The van der Waals surface area contributed by atoms with Crippen LogP contribution in [0.4, 0.5) is 0 Å². The van der Waals surface area contributed by atoms with E-state index in [1.807, 2.05) is 42.5 Å². The molecule has 0 aliphatic carbocycles. The quantitative estimate of drug-likeness (QED) is 0.908. The molecule has 1 aliphatic heterocycles. The second-order valence-corrected chi connectivity index (χ2v) is 5.64. The molecular weight excluding hydrogens is 318 g/mol. The van der Waals surface area contributed by atoms with Crippen LogP contribution in [-0.2, 0) is 0 Å². The van der Waals surface area contributed by atoms with E-state index in [2.05, 4.69) is 9.98 Å². The van der Waals surface area contributed by atoms with Gasteiger partial charge in [0, 0.05) is 18.1 Å². The van der Waals surface area contributed by atoms with E-state index in [-0.39, 0.29) is 12.0 Å². The van der Waals surface area contributed by atoms with Crippen molar-refractivity contribution in [2.75, 3.05) is 21.3 Å². The van der Waals surface area contributed by atoms with Crippen molar-refractivity contribution in [2.24, 2.45) is 15.7 Å². The van der Waals surface area contributed by atoms with Crippen molar-refractivity contribution in [1.82, 2.24) is 0 Å². The van der Waals surface area contributed by atoms with Gasteiger partial charge in [-0.2, -0.15) is 0 Å². The smallest absolute Gasteiger partial charge is 0.216 e. The third-order valence-corrected chi connectivity index (χ3v) is 4.11. The van der Waals surface area contributed by atoms with E-state index in [0.717, 1.165) is 22.6 Å². The van der Waals surface area contributed by atoms with Gasteiger partial charge in [0.05, 0.1) is 33.1 Å². The molecule has 0 bridgehead atoms. The van der Waals surface area contributed by atoms with Crippen LogP contribution in [0.1, 0.15) is 23.6 Å². The lowest BCUT2D eigenvalue weighted by Crippen LogP contribution is -2.21. The van der Waals surface area contributed by atoms with E-state index in [1.165, 1.54) is 0 Å². The van der Waals surface area contributed by atoms with Crippen LogP contribution in [0.5, 0.6) is 17.2 Å². The molecule has 0 fully saturated rings. The first-order valence-corrected chi connectivity index (χ1v) is 7.91. The van der Waals surface area contributed by atoms with Crippen molar-refractivity contribution in [1.29, 1.82) is 0 Å². The molecule has 0 spiro atoms. The summed E-state index contributed by atoms with van der Waals surface area (Å²) >= 11 is 0. The standard InChI is InChI=1S/C19H21N3O3/c1-23-14-6-4-12(5-7-14)17-11-18(22-19(20)21-17)13-8-15(24-2)10-16(9-13)25-3/h4-10,17H,11H2,1-3H3,(H2,20,21)/t17-/m1/s1. The van der Waals surface area contributed by atoms with Gasteiger partial charge in [-0.15, -0.1) is 0 Å². The van der Waals surface area contributed by atoms with Crippen LogP contribution in [-0.4, -0.2) is 33.0 Å². The van der Waals surface area contributed by atoms with Crippen LogP contribution >= 0.6 is 0 Å². The number of hydrogen-bond acceptors (Lipinski definition) is 6. The van der Waals surface area contributed by atoms with Crippen LogP contribution in [0.3, 0.4) is 0 Å². The van der Waals surface area contributed by atoms with Gasteiger partial charge in [0.25, 0.3) is 0 Å². The van der Waals surface area contributed by atoms with E-state index < -0.39 is 0 Å². The van der Waals surface area contributed by atoms with Crippen LogP contribution in [0, 0.1) is 0 Å². The Morgan fingerprint density at radius 1 is 0.880 bits per heavy atom. The summed E-state index contributed by atoms with van der Waals surface area (Å²) in [6.07, 6.45) is 0.642. The molecule has 0 radical (unpaired) electrons. The summed E-state index contributed by atoms with van der Waals surface area (Å²) in [6.45, 7) is 0. The number of aliphatic imine (C=N–C) groups is 2. The zero-order chi connectivity index (χ0) is 17.8. The van der Waals surface area contributed by atoms with Crippen molar-refractivity contribution < 1.29 is 14.2 Å². The molecule has 1 aliphatic rings. The Labute approximate surface area is 147 Å². The Balaban J connectivity index is 1.92. The summed E-state index contributed by atoms with van der Waals surface area (Å²) in [5.74, 6) is 2.49. The number of nitrogens with zero attached hydrogens (tertiary/aromatic N) is 2. The van der Waals surface area contributed by atoms with Crippen LogP contribution < -0.4 is 19.9 Å². The number of nitrogens with two attached hydrogens (primary N) is 1. The first-order chi connectivity index (χ1) is 12.1. The Morgan fingerprint density at radius 3 is 2.04 bits per heavy atom. The Kier molecular flexibility index (Phi) is 4.88. The van der Waals surface area contributed by atoms with Crippen LogP contribution in [0.2, 0.25) is 0 Å². The highest BCUT2D eigenvalue weighted by atomic mass is 16.5. The van der Waals surface area contributed by atoms with E-state index in [4.69, 9.17) is 19.9 Å². The highest BCUT2D eigenvalue weighted by Crippen LogP contribution is 2.30. The van der Waals surface area contributed by atoms with Crippen molar-refractivity contribution in [3.05, 3.63) is 53.6 Å². The molecule has 0 saturated heterocycles. The molecule has 0 aromatic heterocycles. The molecule has 0 amide bonds. The first-order valence-electron chi connectivity index (χ1n) is 7.91. The monoisotopic (exact) mass is 339 g/mol. The molecule has 0 unspecified atom stereocenters. The molecule has 0 saturated carbocycles. The number of rotatable bonds is 5. The van der Waals surface area contributed by atoms with Gasteiger partial charge in [0.2, 0.25) is 5.96 Å². The fourth-order valence-electron chi connectivity index (χ4n) is 2.78. The van der Waals surface area contributed by atoms with E-state index in [9.17, 15) is 0 Å². The zero-order valence-corrected chi connectivity index (χ0v) is 14.5. The molecule has 2 aromatic carbocycles. The lowest BCUT2D eigenvalue weighted by atomic mass is 9.96. The van der Waals surface area contributed by atoms with Gasteiger partial charge < -0.3 is 19.9 Å². The van der Waals surface area contributed by atoms with Gasteiger partial charge in [-0.3, -0.25) is 0 Å². The number of hydrogen-bond donors (Lipinski definition) is 1. The lowest BCUT2D eigenvalue weighted by Gasteiger charge is -2.20. The molecular formula is C19H21N3O3. The van der Waals surface area contributed by atoms with Gasteiger partial charge >= 0.3 is 0 Å². The Bertz CT molecular complexity index is 791. The van der Waals surface area contributed by atoms with Gasteiger partial charge in [0.1, 0.15) is 17.2 Å². The summed E-state index contributed by atoms with van der Waals surface area (Å²) < 4.78 is 15.9.